The van der Waals surface area contributed by atoms with Crippen LogP contribution >= 0.6 is 0 Å². The Morgan fingerprint density at radius 2 is 1.89 bits per heavy atom. The van der Waals surface area contributed by atoms with E-state index in [0.29, 0.717) is 6.04 Å². The number of carbonyl (C=O) groups excluding carboxylic acids is 1. The number of halogens is 3. The molecule has 0 aromatic heterocycles. The Bertz CT molecular complexity index is 295. The van der Waals surface area contributed by atoms with E-state index in [9.17, 15) is 18.0 Å². The predicted molar refractivity (Wildman–Crippen MR) is 58.0 cm³/mol. The molecular formula is C10H17F3N2O3. The van der Waals surface area contributed by atoms with E-state index in [2.05, 4.69) is 17.3 Å². The molecule has 5 nitrogen and oxygen atoms in total. The third kappa shape index (κ3) is 7.88. The van der Waals surface area contributed by atoms with E-state index in [1.807, 2.05) is 0 Å². The largest absolute Gasteiger partial charge is 0.490 e. The number of nitrogens with one attached hydrogen (secondary N) is 1. The number of amides is 1. The highest BCUT2D eigenvalue weighted by Crippen LogP contribution is 2.13. The van der Waals surface area contributed by atoms with Crippen LogP contribution in [-0.2, 0) is 9.59 Å². The molecule has 1 amide bonds. The molecule has 1 aliphatic rings. The van der Waals surface area contributed by atoms with Crippen molar-refractivity contribution < 1.29 is 27.9 Å². The number of hydrogen-bond donors (Lipinski definition) is 2. The number of hydrogen-bond acceptors (Lipinski definition) is 3. The summed E-state index contributed by atoms with van der Waals surface area (Å²) < 4.78 is 31.7. The second-order valence-corrected chi connectivity index (χ2v) is 4.10. The summed E-state index contributed by atoms with van der Waals surface area (Å²) >= 11 is 0. The molecule has 0 radical (unpaired) electrons. The maximum atomic E-state index is 10.7. The molecule has 0 aromatic carbocycles. The van der Waals surface area contributed by atoms with Crippen LogP contribution in [-0.4, -0.2) is 54.2 Å². The molecule has 1 fully saturated rings. The van der Waals surface area contributed by atoms with Gasteiger partial charge in [-0.05, 0) is 26.4 Å². The fraction of sp³-hybridized carbons (Fsp3) is 0.800. The molecule has 1 unspecified atom stereocenters. The van der Waals surface area contributed by atoms with Gasteiger partial charge in [0.2, 0.25) is 5.91 Å². The first kappa shape index (κ1) is 16.7. The second kappa shape index (κ2) is 7.20. The number of likely N-dealkylation sites (N-methyl/N-ethyl adjacent to an activating group) is 1. The Labute approximate surface area is 103 Å². The molecule has 8 heteroatoms. The van der Waals surface area contributed by atoms with Gasteiger partial charge in [0.25, 0.3) is 0 Å². The van der Waals surface area contributed by atoms with E-state index in [0.717, 1.165) is 19.5 Å². The zero-order valence-electron chi connectivity index (χ0n) is 10.3. The third-order valence-electron chi connectivity index (χ3n) is 2.27. The summed E-state index contributed by atoms with van der Waals surface area (Å²) in [6.07, 6.45) is -2.76. The normalized spacial score (nSPS) is 20.6. The molecule has 18 heavy (non-hydrogen) atoms. The maximum Gasteiger partial charge on any atom is 0.490 e. The standard InChI is InChI=1S/C8H16N2O.C2HF3O2/c1-7(11)9-8-4-3-5-10(2)6-8;3-2(4,5)1(6)7/h8H,3-6H2,1-2H3,(H,9,11);(H,6,7). The summed E-state index contributed by atoms with van der Waals surface area (Å²) in [6, 6.07) is 0.381. The van der Waals surface area contributed by atoms with E-state index in [4.69, 9.17) is 9.90 Å². The predicted octanol–water partition coefficient (Wildman–Crippen LogP) is 0.850. The zero-order chi connectivity index (χ0) is 14.3. The van der Waals surface area contributed by atoms with Crippen LogP contribution in [0.3, 0.4) is 0 Å². The molecule has 1 saturated heterocycles. The van der Waals surface area contributed by atoms with Crippen LogP contribution in [0.25, 0.3) is 0 Å². The van der Waals surface area contributed by atoms with Gasteiger partial charge in [-0.3, -0.25) is 4.79 Å². The second-order valence-electron chi connectivity index (χ2n) is 4.10. The minimum atomic E-state index is -5.08. The minimum absolute atomic E-state index is 0.0882. The van der Waals surface area contributed by atoms with Crippen molar-refractivity contribution in [2.75, 3.05) is 20.1 Å². The number of carboxylic acid groups (broad SMARTS) is 1. The smallest absolute Gasteiger partial charge is 0.475 e. The summed E-state index contributed by atoms with van der Waals surface area (Å²) in [7, 11) is 2.09. The maximum absolute atomic E-state index is 10.7. The first-order chi connectivity index (χ1) is 8.12. The summed E-state index contributed by atoms with van der Waals surface area (Å²) in [5.41, 5.74) is 0. The number of aliphatic carboxylic acids is 1. The Morgan fingerprint density at radius 3 is 2.22 bits per heavy atom. The van der Waals surface area contributed by atoms with E-state index in [1.54, 1.807) is 6.92 Å². The van der Waals surface area contributed by atoms with Gasteiger partial charge in [-0.1, -0.05) is 0 Å². The highest BCUT2D eigenvalue weighted by molar-refractivity contribution is 5.73. The van der Waals surface area contributed by atoms with Gasteiger partial charge in [-0.25, -0.2) is 4.79 Å². The number of carbonyl (C=O) groups is 2. The van der Waals surface area contributed by atoms with Gasteiger partial charge < -0.3 is 15.3 Å². The van der Waals surface area contributed by atoms with Gasteiger partial charge in [0.05, 0.1) is 0 Å². The average Bonchev–Trinajstić information content (AvgIpc) is 2.15. The van der Waals surface area contributed by atoms with Crippen molar-refractivity contribution in [3.05, 3.63) is 0 Å². The number of likely N-dealkylation sites (tertiary alicyclic amines) is 1. The van der Waals surface area contributed by atoms with Crippen LogP contribution in [0.2, 0.25) is 0 Å². The molecule has 0 spiro atoms. The number of nitrogens with zero attached hydrogens (tertiary/aromatic N) is 1. The lowest BCUT2D eigenvalue weighted by atomic mass is 10.1. The van der Waals surface area contributed by atoms with Crippen molar-refractivity contribution in [1.29, 1.82) is 0 Å². The molecule has 0 aromatic rings. The van der Waals surface area contributed by atoms with Crippen molar-refractivity contribution in [3.8, 4) is 0 Å². The Hall–Kier alpha value is -1.31. The van der Waals surface area contributed by atoms with Gasteiger partial charge in [0, 0.05) is 19.5 Å². The van der Waals surface area contributed by atoms with Crippen LogP contribution in [0.5, 0.6) is 0 Å². The van der Waals surface area contributed by atoms with Gasteiger partial charge in [0.15, 0.2) is 0 Å². The van der Waals surface area contributed by atoms with Crippen LogP contribution in [0.4, 0.5) is 13.2 Å². The molecule has 0 aliphatic carbocycles. The van der Waals surface area contributed by atoms with Crippen molar-refractivity contribution >= 4 is 11.9 Å². The van der Waals surface area contributed by atoms with Gasteiger partial charge in [-0.15, -0.1) is 0 Å². The first-order valence-electron chi connectivity index (χ1n) is 5.38. The lowest BCUT2D eigenvalue weighted by molar-refractivity contribution is -0.192. The van der Waals surface area contributed by atoms with E-state index < -0.39 is 12.1 Å². The molecule has 106 valence electrons. The molecule has 1 atom stereocenters. The number of alkyl halides is 3. The molecular weight excluding hydrogens is 253 g/mol. The summed E-state index contributed by atoms with van der Waals surface area (Å²) in [6.45, 7) is 3.74. The Balaban J connectivity index is 0.000000360. The summed E-state index contributed by atoms with van der Waals surface area (Å²) in [4.78, 5) is 21.8. The van der Waals surface area contributed by atoms with Crippen LogP contribution in [0, 0.1) is 0 Å². The lowest BCUT2D eigenvalue weighted by Crippen LogP contribution is -2.45. The van der Waals surface area contributed by atoms with Gasteiger partial charge in [0.1, 0.15) is 0 Å². The van der Waals surface area contributed by atoms with E-state index in [1.165, 1.54) is 6.42 Å². The number of carboxylic acids is 1. The lowest BCUT2D eigenvalue weighted by Gasteiger charge is -2.29. The SMILES string of the molecule is CC(=O)NC1CCCN(C)C1.O=C(O)C(F)(F)F. The number of piperidine rings is 1. The summed E-state index contributed by atoms with van der Waals surface area (Å²) in [5, 5.41) is 10.1. The highest BCUT2D eigenvalue weighted by atomic mass is 19.4. The molecule has 2 N–H and O–H groups in total. The monoisotopic (exact) mass is 270 g/mol. The fourth-order valence-corrected chi connectivity index (χ4v) is 1.57. The van der Waals surface area contributed by atoms with Crippen molar-refractivity contribution in [2.24, 2.45) is 0 Å². The minimum Gasteiger partial charge on any atom is -0.475 e. The first-order valence-corrected chi connectivity index (χ1v) is 5.38. The third-order valence-corrected chi connectivity index (χ3v) is 2.27. The van der Waals surface area contributed by atoms with E-state index in [-0.39, 0.29) is 5.91 Å². The quantitative estimate of drug-likeness (QED) is 0.741. The fourth-order valence-electron chi connectivity index (χ4n) is 1.57. The van der Waals surface area contributed by atoms with Crippen LogP contribution < -0.4 is 5.32 Å². The molecule has 1 aliphatic heterocycles. The van der Waals surface area contributed by atoms with Gasteiger partial charge in [-0.2, -0.15) is 13.2 Å². The molecule has 1 heterocycles. The summed E-state index contributed by atoms with van der Waals surface area (Å²) in [5.74, 6) is -2.67. The van der Waals surface area contributed by atoms with Crippen molar-refractivity contribution in [2.45, 2.75) is 32.0 Å². The molecule has 1 rings (SSSR count). The molecule has 0 bridgehead atoms. The van der Waals surface area contributed by atoms with Crippen molar-refractivity contribution in [3.63, 3.8) is 0 Å². The Kier molecular flexibility index (Phi) is 6.67. The average molecular weight is 270 g/mol. The topological polar surface area (TPSA) is 69.6 Å². The van der Waals surface area contributed by atoms with Crippen LogP contribution in [0.1, 0.15) is 19.8 Å². The van der Waals surface area contributed by atoms with Gasteiger partial charge >= 0.3 is 12.1 Å². The Morgan fingerprint density at radius 1 is 1.39 bits per heavy atom. The zero-order valence-corrected chi connectivity index (χ0v) is 10.3. The highest BCUT2D eigenvalue weighted by Gasteiger charge is 2.38. The van der Waals surface area contributed by atoms with E-state index >= 15 is 0 Å². The number of rotatable bonds is 1. The van der Waals surface area contributed by atoms with Crippen molar-refractivity contribution in [1.82, 2.24) is 10.2 Å². The van der Waals surface area contributed by atoms with Crippen LogP contribution in [0.15, 0.2) is 0 Å². The molecule has 0 saturated carbocycles.